The third-order valence-electron chi connectivity index (χ3n) is 14.6. The van der Waals surface area contributed by atoms with Crippen LogP contribution in [0, 0.1) is 0 Å². The van der Waals surface area contributed by atoms with E-state index in [1.54, 1.807) is 0 Å². The molecule has 9 aromatic carbocycles. The molecule has 13 aromatic rings. The number of thiophene rings is 1. The van der Waals surface area contributed by atoms with Crippen molar-refractivity contribution >= 4 is 130 Å². The predicted octanol–water partition coefficient (Wildman–Crippen LogP) is 12.0. The largest absolute Gasteiger partial charge is 0.519 e. The molecule has 0 fully saturated rings. The summed E-state index contributed by atoms with van der Waals surface area (Å²) < 4.78 is 7.14. The molecule has 10 heteroatoms. The topological polar surface area (TPSA) is 44.8 Å². The van der Waals surface area contributed by atoms with Gasteiger partial charge in [0.05, 0.1) is 60.5 Å². The van der Waals surface area contributed by atoms with Crippen LogP contribution in [0.4, 0.5) is 34.1 Å². The summed E-state index contributed by atoms with van der Waals surface area (Å²) in [5, 5.41) is 7.54. The number of anilines is 6. The number of fused-ring (bicyclic) bond motifs is 13. The number of imidazole rings is 2. The molecule has 328 valence electrons. The average Bonchev–Trinajstić information content (AvgIpc) is 4.23. The van der Waals surface area contributed by atoms with Crippen LogP contribution < -0.4 is 35.3 Å². The minimum absolute atomic E-state index is 0.260. The lowest BCUT2D eigenvalue weighted by Gasteiger charge is -2.35. The van der Waals surface area contributed by atoms with E-state index < -0.39 is 8.07 Å². The number of nitrogens with zero attached hydrogens (tertiary/aromatic N) is 7. The quantitative estimate of drug-likeness (QED) is 0.118. The van der Waals surface area contributed by atoms with Gasteiger partial charge in [-0.2, -0.15) is 0 Å². The first-order chi connectivity index (χ1) is 34.8. The molecule has 2 aliphatic heterocycles. The van der Waals surface area contributed by atoms with E-state index in [9.17, 15) is 0 Å². The van der Waals surface area contributed by atoms with Gasteiger partial charge in [-0.15, -0.1) is 11.3 Å². The zero-order valence-electron chi connectivity index (χ0n) is 37.7. The van der Waals surface area contributed by atoms with Crippen molar-refractivity contribution in [2.45, 2.75) is 0 Å². The van der Waals surface area contributed by atoms with E-state index in [-0.39, 0.29) is 7.12 Å². The van der Waals surface area contributed by atoms with E-state index in [0.29, 0.717) is 0 Å². The van der Waals surface area contributed by atoms with Gasteiger partial charge >= 0.3 is 7.12 Å². The molecule has 0 atom stereocenters. The lowest BCUT2D eigenvalue weighted by molar-refractivity contribution is 1.11. The van der Waals surface area contributed by atoms with E-state index in [0.717, 1.165) is 73.0 Å². The van der Waals surface area contributed by atoms with Crippen LogP contribution in [0.15, 0.2) is 243 Å². The van der Waals surface area contributed by atoms with Crippen LogP contribution in [0.25, 0.3) is 53.7 Å². The zero-order valence-corrected chi connectivity index (χ0v) is 39.5. The predicted molar refractivity (Wildman–Crippen MR) is 295 cm³/mol. The summed E-state index contributed by atoms with van der Waals surface area (Å²) in [6, 6.07) is 86.6. The van der Waals surface area contributed by atoms with E-state index in [1.165, 1.54) is 35.7 Å². The Morgan fingerprint density at radius 1 is 0.414 bits per heavy atom. The monoisotopic (exact) mass is 929 g/mol. The number of aromatic nitrogens is 4. The average molecular weight is 930 g/mol. The summed E-state index contributed by atoms with van der Waals surface area (Å²) in [5.74, 6) is 0.888. The molecule has 0 saturated heterocycles. The Bertz CT molecular complexity index is 4150. The summed E-state index contributed by atoms with van der Waals surface area (Å²) >= 11 is 1.87. The number of pyridine rings is 1. The van der Waals surface area contributed by atoms with Crippen molar-refractivity contribution in [3.63, 3.8) is 0 Å². The Morgan fingerprint density at radius 2 is 1.01 bits per heavy atom. The second-order valence-corrected chi connectivity index (χ2v) is 22.9. The van der Waals surface area contributed by atoms with Gasteiger partial charge in [0.1, 0.15) is 0 Å². The second kappa shape index (κ2) is 15.2. The smallest absolute Gasteiger partial charge is 0.344 e. The van der Waals surface area contributed by atoms with Crippen LogP contribution in [-0.2, 0) is 0 Å². The second-order valence-electron chi connectivity index (χ2n) is 18.2. The number of rotatable bonds is 7. The third-order valence-corrected chi connectivity index (χ3v) is 20.6. The van der Waals surface area contributed by atoms with Crippen molar-refractivity contribution in [3.8, 4) is 5.69 Å². The van der Waals surface area contributed by atoms with Gasteiger partial charge in [-0.25, -0.2) is 4.98 Å². The first-order valence-corrected chi connectivity index (χ1v) is 26.6. The summed E-state index contributed by atoms with van der Waals surface area (Å²) in [6.07, 6.45) is 2.04. The Labute approximate surface area is 409 Å². The first kappa shape index (κ1) is 39.3. The lowest BCUT2D eigenvalue weighted by Crippen LogP contribution is -2.75. The normalized spacial score (nSPS) is 13.3. The van der Waals surface area contributed by atoms with Gasteiger partial charge in [0.2, 0.25) is 13.9 Å². The van der Waals surface area contributed by atoms with Gasteiger partial charge in [-0.3, -0.25) is 14.0 Å². The highest BCUT2D eigenvalue weighted by Crippen LogP contribution is 2.56. The van der Waals surface area contributed by atoms with Crippen LogP contribution in [0.3, 0.4) is 0 Å². The maximum absolute atomic E-state index is 5.52. The third kappa shape index (κ3) is 5.45. The molecule has 0 radical (unpaired) electrons. The highest BCUT2D eigenvalue weighted by Gasteiger charge is 2.54. The number of hydrogen-bond acceptors (Lipinski definition) is 6. The Hall–Kier alpha value is -8.70. The maximum atomic E-state index is 5.52. The van der Waals surface area contributed by atoms with Gasteiger partial charge in [-0.05, 0) is 107 Å². The maximum Gasteiger partial charge on any atom is 0.519 e. The molecule has 7 nitrogen and oxygen atoms in total. The molecular formula is C60H40BN7SSi. The van der Waals surface area contributed by atoms with Crippen molar-refractivity contribution in [1.82, 2.24) is 18.9 Å². The number of hydrogen-bond donors (Lipinski definition) is 0. The summed E-state index contributed by atoms with van der Waals surface area (Å²) in [4.78, 5) is 18.4. The lowest BCUT2D eigenvalue weighted by atomic mass is 9.86. The van der Waals surface area contributed by atoms with Crippen LogP contribution >= 0.6 is 11.3 Å². The van der Waals surface area contributed by atoms with Crippen LogP contribution in [0.5, 0.6) is 0 Å². The Kier molecular flexibility index (Phi) is 8.51. The molecule has 15 rings (SSSR count). The van der Waals surface area contributed by atoms with E-state index in [4.69, 9.17) is 9.97 Å². The molecule has 0 bridgehead atoms. The van der Waals surface area contributed by atoms with Crippen molar-refractivity contribution in [2.24, 2.45) is 0 Å². The standard InChI is InChI=1S/C60H40BN7SSi/c1-4-19-41(20-5-1)66-53-32-15-16-33-54(53)68-56-40-42(64-51-30-13-14-31-52(51)65-50-29-12-11-28-49(50)63-60(64)65)35-36-55(56)67(61(66)68)43-21-18-26-46(39-43)70(44-22-6-2-7-23-44,45-24-8-3-9-25-45)59-58-48(37-38-62-59)47-27-10-17-34-57(47)69-58/h1-40H. The van der Waals surface area contributed by atoms with Crippen molar-refractivity contribution in [1.29, 1.82) is 0 Å². The van der Waals surface area contributed by atoms with E-state index in [2.05, 4.69) is 260 Å². The molecule has 70 heavy (non-hydrogen) atoms. The Morgan fingerprint density at radius 3 is 1.80 bits per heavy atom. The fourth-order valence-electron chi connectivity index (χ4n) is 11.7. The van der Waals surface area contributed by atoms with E-state index in [1.807, 2.05) is 17.5 Å². The highest BCUT2D eigenvalue weighted by molar-refractivity contribution is 7.30. The summed E-state index contributed by atoms with van der Waals surface area (Å²) in [6.45, 7) is 0. The van der Waals surface area contributed by atoms with Gasteiger partial charge in [-0.1, -0.05) is 146 Å². The minimum Gasteiger partial charge on any atom is -0.344 e. The summed E-state index contributed by atoms with van der Waals surface area (Å²) in [5.41, 5.74) is 12.1. The van der Waals surface area contributed by atoms with Crippen molar-refractivity contribution in [3.05, 3.63) is 243 Å². The molecule has 2 aliphatic rings. The number of para-hydroxylation sites is 7. The van der Waals surface area contributed by atoms with Gasteiger partial charge < -0.3 is 14.4 Å². The summed E-state index contributed by atoms with van der Waals surface area (Å²) in [7, 11) is -3.42. The van der Waals surface area contributed by atoms with Crippen molar-refractivity contribution in [2.75, 3.05) is 14.4 Å². The number of benzene rings is 9. The van der Waals surface area contributed by atoms with Gasteiger partial charge in [0.15, 0.2) is 0 Å². The van der Waals surface area contributed by atoms with Crippen LogP contribution in [0.1, 0.15) is 0 Å². The van der Waals surface area contributed by atoms with E-state index >= 15 is 0 Å². The molecular weight excluding hydrogens is 890 g/mol. The molecule has 0 spiro atoms. The molecule has 0 N–H and O–H groups in total. The van der Waals surface area contributed by atoms with Crippen LogP contribution in [0.2, 0.25) is 0 Å². The first-order valence-electron chi connectivity index (χ1n) is 23.8. The Balaban J connectivity index is 0.999. The van der Waals surface area contributed by atoms with Gasteiger partial charge in [0.25, 0.3) is 0 Å². The molecule has 0 saturated carbocycles. The SMILES string of the molecule is c1ccc(N2B3N(c4cccc([Si](c5ccccc5)(c5ccccc5)c5nccc6c5sc5ccccc56)c4)c4ccc(-n5c6ccccc6n6c7ccccc7nc56)cc4N3c3ccccc32)cc1. The molecule has 0 amide bonds. The fourth-order valence-corrected chi connectivity index (χ4v) is 18.1. The minimum atomic E-state index is -3.16. The highest BCUT2D eigenvalue weighted by atomic mass is 32.1. The molecule has 0 aliphatic carbocycles. The molecule has 6 heterocycles. The van der Waals surface area contributed by atoms with Gasteiger partial charge in [0, 0.05) is 33.0 Å². The zero-order chi connectivity index (χ0) is 45.9. The fraction of sp³-hybridized carbons (Fsp3) is 0. The van der Waals surface area contributed by atoms with Crippen molar-refractivity contribution < 1.29 is 0 Å². The molecule has 4 aromatic heterocycles. The molecule has 0 unspecified atom stereocenters. The van der Waals surface area contributed by atoms with Crippen LogP contribution in [-0.4, -0.2) is 34.1 Å².